The topological polar surface area (TPSA) is 89.7 Å². The normalized spacial score (nSPS) is 15.1. The summed E-state index contributed by atoms with van der Waals surface area (Å²) in [5, 5.41) is 0.963. The molecule has 172 valence electrons. The van der Waals surface area contributed by atoms with E-state index in [0.717, 1.165) is 28.9 Å². The van der Waals surface area contributed by atoms with Crippen molar-refractivity contribution in [2.45, 2.75) is 26.3 Å². The molecule has 4 aromatic rings. The first kappa shape index (κ1) is 22.3. The molecular formula is C25H19ClN2O5S. The van der Waals surface area contributed by atoms with Crippen LogP contribution in [0.4, 0.5) is 5.13 Å². The molecule has 0 saturated carbocycles. The maximum absolute atomic E-state index is 13.6. The number of nitrogens with zero attached hydrogens (tertiary/aromatic N) is 2. The molecule has 2 aromatic carbocycles. The first-order valence-electron chi connectivity index (χ1n) is 10.6. The molecule has 1 unspecified atom stereocenters. The third-order valence-corrected chi connectivity index (χ3v) is 7.27. The molecule has 1 amide bonds. The van der Waals surface area contributed by atoms with Gasteiger partial charge in [-0.05, 0) is 42.7 Å². The SMILES string of the molecule is CCc1ccc(C2c3c(oc4ccc(Cl)cc4c3=O)C(=O)N2c2nc(C)c(C(=O)OC)s2)cc1. The number of methoxy groups -OCH3 is 1. The van der Waals surface area contributed by atoms with E-state index in [1.807, 2.05) is 31.2 Å². The number of carbonyl (C=O) groups is 2. The van der Waals surface area contributed by atoms with E-state index in [0.29, 0.717) is 16.1 Å². The third-order valence-electron chi connectivity index (χ3n) is 5.90. The van der Waals surface area contributed by atoms with Crippen LogP contribution in [0.25, 0.3) is 11.0 Å². The molecule has 3 heterocycles. The maximum Gasteiger partial charge on any atom is 0.350 e. The quantitative estimate of drug-likeness (QED) is 0.357. The number of rotatable bonds is 4. The number of aromatic nitrogens is 1. The first-order valence-corrected chi connectivity index (χ1v) is 11.8. The number of halogens is 1. The van der Waals surface area contributed by atoms with Crippen LogP contribution in [0.3, 0.4) is 0 Å². The number of amides is 1. The van der Waals surface area contributed by atoms with Crippen molar-refractivity contribution in [1.82, 2.24) is 4.98 Å². The Morgan fingerprint density at radius 3 is 2.62 bits per heavy atom. The van der Waals surface area contributed by atoms with Crippen molar-refractivity contribution in [1.29, 1.82) is 0 Å². The minimum Gasteiger partial charge on any atom is -0.465 e. The number of aryl methyl sites for hydroxylation is 2. The van der Waals surface area contributed by atoms with Crippen molar-refractivity contribution in [2.75, 3.05) is 12.0 Å². The predicted molar refractivity (Wildman–Crippen MR) is 130 cm³/mol. The number of anilines is 1. The highest BCUT2D eigenvalue weighted by Gasteiger charge is 2.45. The molecule has 5 rings (SSSR count). The number of hydrogen-bond acceptors (Lipinski definition) is 7. The Bertz CT molecular complexity index is 1520. The van der Waals surface area contributed by atoms with Gasteiger partial charge < -0.3 is 9.15 Å². The van der Waals surface area contributed by atoms with Gasteiger partial charge >= 0.3 is 5.97 Å². The lowest BCUT2D eigenvalue weighted by Crippen LogP contribution is -2.29. The molecule has 34 heavy (non-hydrogen) atoms. The lowest BCUT2D eigenvalue weighted by Gasteiger charge is -2.22. The molecule has 2 aromatic heterocycles. The Labute approximate surface area is 203 Å². The molecule has 0 spiro atoms. The number of thiazole rings is 1. The van der Waals surface area contributed by atoms with Crippen LogP contribution in [0, 0.1) is 6.92 Å². The van der Waals surface area contributed by atoms with Crippen LogP contribution in [0.2, 0.25) is 5.02 Å². The van der Waals surface area contributed by atoms with Gasteiger partial charge in [-0.1, -0.05) is 54.1 Å². The van der Waals surface area contributed by atoms with Gasteiger partial charge in [-0.25, -0.2) is 9.78 Å². The molecule has 9 heteroatoms. The smallest absolute Gasteiger partial charge is 0.350 e. The molecule has 0 bridgehead atoms. The Morgan fingerprint density at radius 2 is 1.94 bits per heavy atom. The second kappa shape index (κ2) is 8.38. The van der Waals surface area contributed by atoms with Gasteiger partial charge in [0.2, 0.25) is 5.76 Å². The molecular weight excluding hydrogens is 476 g/mol. The van der Waals surface area contributed by atoms with Gasteiger partial charge in [0.1, 0.15) is 10.5 Å². The van der Waals surface area contributed by atoms with E-state index in [4.69, 9.17) is 20.8 Å². The summed E-state index contributed by atoms with van der Waals surface area (Å²) in [5.74, 6) is -1.08. The number of benzene rings is 2. The van der Waals surface area contributed by atoms with Gasteiger partial charge in [0.05, 0.1) is 29.8 Å². The number of esters is 1. The van der Waals surface area contributed by atoms with Crippen molar-refractivity contribution in [2.24, 2.45) is 0 Å². The van der Waals surface area contributed by atoms with Gasteiger partial charge in [0.15, 0.2) is 10.6 Å². The third kappa shape index (κ3) is 3.41. The minimum atomic E-state index is -0.774. The van der Waals surface area contributed by atoms with Crippen molar-refractivity contribution >= 4 is 50.9 Å². The Morgan fingerprint density at radius 1 is 1.21 bits per heavy atom. The van der Waals surface area contributed by atoms with E-state index in [-0.39, 0.29) is 32.3 Å². The second-order valence-corrected chi connectivity index (χ2v) is 9.30. The fourth-order valence-electron chi connectivity index (χ4n) is 4.16. The summed E-state index contributed by atoms with van der Waals surface area (Å²) in [4.78, 5) is 45.7. The molecule has 1 atom stereocenters. The van der Waals surface area contributed by atoms with Crippen LogP contribution in [-0.2, 0) is 11.2 Å². The Hall–Kier alpha value is -3.49. The van der Waals surface area contributed by atoms with E-state index in [2.05, 4.69) is 4.98 Å². The van der Waals surface area contributed by atoms with E-state index in [1.54, 1.807) is 19.1 Å². The molecule has 0 radical (unpaired) electrons. The average molecular weight is 495 g/mol. The molecule has 0 fully saturated rings. The summed E-state index contributed by atoms with van der Waals surface area (Å²) in [5.41, 5.74) is 2.44. The van der Waals surface area contributed by atoms with Gasteiger partial charge in [-0.15, -0.1) is 0 Å². The molecule has 1 aliphatic rings. The van der Waals surface area contributed by atoms with Gasteiger partial charge in [-0.2, -0.15) is 0 Å². The molecule has 1 aliphatic heterocycles. The summed E-state index contributed by atoms with van der Waals surface area (Å²) >= 11 is 7.17. The van der Waals surface area contributed by atoms with Crippen LogP contribution < -0.4 is 10.3 Å². The molecule has 0 aliphatic carbocycles. The molecule has 0 N–H and O–H groups in total. The van der Waals surface area contributed by atoms with Gasteiger partial charge in [0.25, 0.3) is 5.91 Å². The van der Waals surface area contributed by atoms with Gasteiger partial charge in [0, 0.05) is 5.02 Å². The number of fused-ring (bicyclic) bond motifs is 2. The van der Waals surface area contributed by atoms with E-state index in [9.17, 15) is 14.4 Å². The second-order valence-electron chi connectivity index (χ2n) is 7.89. The zero-order valence-electron chi connectivity index (χ0n) is 18.5. The zero-order valence-corrected chi connectivity index (χ0v) is 20.1. The summed E-state index contributed by atoms with van der Waals surface area (Å²) in [6.45, 7) is 3.72. The standard InChI is InChI=1S/C25H19ClN2O5S/c1-4-13-5-7-14(8-6-13)19-18-20(29)16-11-15(26)9-10-17(16)33-21(18)23(30)28(19)25-27-12(2)22(34-25)24(31)32-3/h5-11,19H,4H2,1-3H3. The van der Waals surface area contributed by atoms with Crippen LogP contribution in [0.1, 0.15) is 55.6 Å². The van der Waals surface area contributed by atoms with E-state index < -0.39 is 17.9 Å². The predicted octanol–water partition coefficient (Wildman–Crippen LogP) is 5.31. The van der Waals surface area contributed by atoms with E-state index in [1.165, 1.54) is 18.1 Å². The lowest BCUT2D eigenvalue weighted by atomic mass is 9.97. The summed E-state index contributed by atoms with van der Waals surface area (Å²) < 4.78 is 10.8. The zero-order chi connectivity index (χ0) is 24.1. The number of ether oxygens (including phenoxy) is 1. The molecule has 0 saturated heterocycles. The lowest BCUT2D eigenvalue weighted by molar-refractivity contribution is 0.0605. The maximum atomic E-state index is 13.6. The van der Waals surface area contributed by atoms with Crippen LogP contribution >= 0.6 is 22.9 Å². The number of hydrogen-bond donors (Lipinski definition) is 0. The van der Waals surface area contributed by atoms with Crippen LogP contribution in [-0.4, -0.2) is 24.0 Å². The fraction of sp³-hybridized carbons (Fsp3) is 0.200. The molecule has 7 nitrogen and oxygen atoms in total. The number of carbonyl (C=O) groups excluding carboxylic acids is 2. The van der Waals surface area contributed by atoms with Crippen LogP contribution in [0.5, 0.6) is 0 Å². The van der Waals surface area contributed by atoms with Crippen molar-refractivity contribution in [3.05, 3.63) is 90.7 Å². The summed E-state index contributed by atoms with van der Waals surface area (Å²) in [6, 6.07) is 11.6. The largest absolute Gasteiger partial charge is 0.465 e. The Kier molecular flexibility index (Phi) is 5.50. The minimum absolute atomic E-state index is 0.0446. The van der Waals surface area contributed by atoms with Gasteiger partial charge in [-0.3, -0.25) is 14.5 Å². The van der Waals surface area contributed by atoms with E-state index >= 15 is 0 Å². The van der Waals surface area contributed by atoms with Crippen molar-refractivity contribution in [3.63, 3.8) is 0 Å². The average Bonchev–Trinajstić information content (AvgIpc) is 3.36. The monoisotopic (exact) mass is 494 g/mol. The highest BCUT2D eigenvalue weighted by atomic mass is 35.5. The highest BCUT2D eigenvalue weighted by Crippen LogP contribution is 2.43. The summed E-state index contributed by atoms with van der Waals surface area (Å²) in [6.07, 6.45) is 0.851. The highest BCUT2D eigenvalue weighted by molar-refractivity contribution is 7.17. The van der Waals surface area contributed by atoms with Crippen molar-refractivity contribution < 1.29 is 18.7 Å². The fourth-order valence-corrected chi connectivity index (χ4v) is 5.34. The van der Waals surface area contributed by atoms with Crippen LogP contribution in [0.15, 0.2) is 51.7 Å². The first-order chi connectivity index (χ1) is 16.3. The summed E-state index contributed by atoms with van der Waals surface area (Å²) in [7, 11) is 1.29. The van der Waals surface area contributed by atoms with Crippen molar-refractivity contribution in [3.8, 4) is 0 Å². The Balaban J connectivity index is 1.77.